The summed E-state index contributed by atoms with van der Waals surface area (Å²) in [5.41, 5.74) is 11.3. The molecule has 0 saturated carbocycles. The lowest BCUT2D eigenvalue weighted by Gasteiger charge is -2.28. The van der Waals surface area contributed by atoms with Crippen LogP contribution in [0.5, 0.6) is 0 Å². The van der Waals surface area contributed by atoms with E-state index < -0.39 is 0 Å². The van der Waals surface area contributed by atoms with Gasteiger partial charge in [0.25, 0.3) is 0 Å². The maximum atomic E-state index is 5.01. The van der Waals surface area contributed by atoms with Gasteiger partial charge in [-0.2, -0.15) is 0 Å². The molecule has 5 heteroatoms. The summed E-state index contributed by atoms with van der Waals surface area (Å²) >= 11 is 0. The Morgan fingerprint density at radius 2 is 1.33 bits per heavy atom. The van der Waals surface area contributed by atoms with Crippen molar-refractivity contribution in [2.45, 2.75) is 18.9 Å². The second-order valence-electron chi connectivity index (χ2n) is 10.8. The summed E-state index contributed by atoms with van der Waals surface area (Å²) in [5, 5.41) is 1.12. The van der Waals surface area contributed by atoms with Gasteiger partial charge >= 0.3 is 0 Å². The Bertz CT molecular complexity index is 2030. The first-order valence-electron chi connectivity index (χ1n) is 14.2. The van der Waals surface area contributed by atoms with Crippen molar-refractivity contribution in [3.8, 4) is 34.0 Å². The van der Waals surface area contributed by atoms with E-state index in [1.165, 1.54) is 16.8 Å². The average molecular weight is 542 g/mol. The number of hydrogen-bond donors (Lipinski definition) is 0. The van der Waals surface area contributed by atoms with E-state index in [-0.39, 0.29) is 12.0 Å². The summed E-state index contributed by atoms with van der Waals surface area (Å²) in [6, 6.07) is 40.0. The molecule has 5 heterocycles. The third kappa shape index (κ3) is 4.18. The van der Waals surface area contributed by atoms with Crippen LogP contribution in [0.25, 0.3) is 44.9 Å². The van der Waals surface area contributed by atoms with E-state index >= 15 is 0 Å². The number of aryl methyl sites for hydroxylation is 1. The summed E-state index contributed by atoms with van der Waals surface area (Å²) in [6.45, 7) is 2.15. The fraction of sp³-hybridized carbons (Fsp3) is 0.0811. The lowest BCUT2D eigenvalue weighted by atomic mass is 9.94. The van der Waals surface area contributed by atoms with Gasteiger partial charge in [0.1, 0.15) is 0 Å². The number of rotatable bonds is 4. The van der Waals surface area contributed by atoms with Gasteiger partial charge in [-0.3, -0.25) is 4.99 Å². The van der Waals surface area contributed by atoms with Crippen LogP contribution in [0, 0.1) is 6.92 Å². The molecule has 0 saturated heterocycles. The third-order valence-electron chi connectivity index (χ3n) is 8.15. The lowest BCUT2D eigenvalue weighted by Crippen LogP contribution is -2.29. The van der Waals surface area contributed by atoms with Gasteiger partial charge in [0.15, 0.2) is 0 Å². The summed E-state index contributed by atoms with van der Waals surface area (Å²) in [4.78, 5) is 21.7. The Hall–Kier alpha value is -5.42. The predicted octanol–water partition coefficient (Wildman–Crippen LogP) is 8.54. The van der Waals surface area contributed by atoms with E-state index in [9.17, 15) is 0 Å². The molecule has 8 rings (SSSR count). The van der Waals surface area contributed by atoms with Crippen molar-refractivity contribution < 1.29 is 0 Å². The van der Waals surface area contributed by atoms with Crippen LogP contribution in [-0.4, -0.2) is 27.2 Å². The van der Waals surface area contributed by atoms with E-state index in [0.29, 0.717) is 0 Å². The van der Waals surface area contributed by atoms with Crippen molar-refractivity contribution >= 4 is 28.5 Å². The molecule has 2 aliphatic rings. The van der Waals surface area contributed by atoms with Gasteiger partial charge in [-0.1, -0.05) is 66.2 Å². The minimum Gasteiger partial charge on any atom is -0.333 e. The molecule has 0 bridgehead atoms. The smallest absolute Gasteiger partial charge is 0.0894 e. The molecular formula is C37H27N5. The van der Waals surface area contributed by atoms with Crippen LogP contribution in [0.3, 0.4) is 0 Å². The number of pyridine rings is 3. The lowest BCUT2D eigenvalue weighted by molar-refractivity contribution is 0.779. The van der Waals surface area contributed by atoms with Crippen molar-refractivity contribution in [2.24, 2.45) is 4.99 Å². The molecule has 3 aromatic heterocycles. The van der Waals surface area contributed by atoms with Crippen molar-refractivity contribution in [1.82, 2.24) is 15.0 Å². The molecule has 42 heavy (non-hydrogen) atoms. The molecule has 2 unspecified atom stereocenters. The minimum absolute atomic E-state index is 0.224. The van der Waals surface area contributed by atoms with Crippen LogP contribution < -0.4 is 4.90 Å². The highest BCUT2D eigenvalue weighted by atomic mass is 15.2. The molecule has 0 spiro atoms. The highest BCUT2D eigenvalue weighted by Gasteiger charge is 2.37. The van der Waals surface area contributed by atoms with Crippen LogP contribution in [0.2, 0.25) is 0 Å². The van der Waals surface area contributed by atoms with E-state index in [1.54, 1.807) is 0 Å². The van der Waals surface area contributed by atoms with E-state index in [0.717, 1.165) is 50.6 Å². The molecule has 0 radical (unpaired) electrons. The van der Waals surface area contributed by atoms with Gasteiger partial charge < -0.3 is 4.90 Å². The van der Waals surface area contributed by atoms with Crippen LogP contribution >= 0.6 is 0 Å². The van der Waals surface area contributed by atoms with Gasteiger partial charge in [0.05, 0.1) is 40.0 Å². The van der Waals surface area contributed by atoms with Crippen LogP contribution in [0.15, 0.2) is 133 Å². The zero-order chi connectivity index (χ0) is 28.0. The SMILES string of the molecule is Cc1ccc2c(c1)C1C=NC=CC1N2c1ccc(-c2cccc(-c3cccc(-c4ccc5ccccc5n4)n3)n2)cc1. The molecule has 5 nitrogen and oxygen atoms in total. The highest BCUT2D eigenvalue weighted by molar-refractivity contribution is 5.86. The normalized spacial score (nSPS) is 16.9. The second-order valence-corrected chi connectivity index (χ2v) is 10.8. The fourth-order valence-corrected chi connectivity index (χ4v) is 6.09. The van der Waals surface area contributed by atoms with E-state index in [4.69, 9.17) is 15.0 Å². The first-order chi connectivity index (χ1) is 20.7. The predicted molar refractivity (Wildman–Crippen MR) is 171 cm³/mol. The van der Waals surface area contributed by atoms with Gasteiger partial charge in [0.2, 0.25) is 0 Å². The van der Waals surface area contributed by atoms with Crippen molar-refractivity contribution in [3.05, 3.63) is 139 Å². The maximum absolute atomic E-state index is 5.01. The topological polar surface area (TPSA) is 54.3 Å². The Kier molecular flexibility index (Phi) is 5.74. The Morgan fingerprint density at radius 3 is 2.14 bits per heavy atom. The monoisotopic (exact) mass is 541 g/mol. The maximum Gasteiger partial charge on any atom is 0.0894 e. The zero-order valence-electron chi connectivity index (χ0n) is 23.1. The summed E-state index contributed by atoms with van der Waals surface area (Å²) in [6.07, 6.45) is 6.19. The Morgan fingerprint density at radius 1 is 0.619 bits per heavy atom. The number of anilines is 2. The van der Waals surface area contributed by atoms with Crippen LogP contribution in [0.4, 0.5) is 11.4 Å². The van der Waals surface area contributed by atoms with Gasteiger partial charge in [-0.25, -0.2) is 15.0 Å². The van der Waals surface area contributed by atoms with Gasteiger partial charge in [-0.05, 0) is 73.2 Å². The van der Waals surface area contributed by atoms with Crippen molar-refractivity contribution in [3.63, 3.8) is 0 Å². The second kappa shape index (κ2) is 9.89. The summed E-state index contributed by atoms with van der Waals surface area (Å²) in [5.74, 6) is 0.260. The largest absolute Gasteiger partial charge is 0.333 e. The number of fused-ring (bicyclic) bond motifs is 4. The zero-order valence-corrected chi connectivity index (χ0v) is 23.1. The molecule has 2 aliphatic heterocycles. The van der Waals surface area contributed by atoms with Crippen LogP contribution in [-0.2, 0) is 0 Å². The molecule has 0 amide bonds. The molecule has 6 aromatic rings. The number of hydrogen-bond acceptors (Lipinski definition) is 5. The van der Waals surface area contributed by atoms with Crippen molar-refractivity contribution in [1.29, 1.82) is 0 Å². The number of nitrogens with zero attached hydrogens (tertiary/aromatic N) is 5. The number of aliphatic imine (C=N–C) groups is 1. The molecule has 0 N–H and O–H groups in total. The molecule has 0 fully saturated rings. The van der Waals surface area contributed by atoms with E-state index in [2.05, 4.69) is 89.8 Å². The fourth-order valence-electron chi connectivity index (χ4n) is 6.09. The minimum atomic E-state index is 0.224. The number of para-hydroxylation sites is 1. The van der Waals surface area contributed by atoms with Gasteiger partial charge in [0, 0.05) is 40.7 Å². The standard InChI is InChI=1S/C37H27N5/c1-24-12-19-36-28(22-24)29-23-38-21-20-37(29)42(36)27-16-13-26(14-17-27)31-8-4-9-32(39-31)33-10-5-11-34(41-33)35-18-15-25-6-2-3-7-30(25)40-35/h2-23,29,37H,1H3. The number of aromatic nitrogens is 3. The summed E-state index contributed by atoms with van der Waals surface area (Å²) in [7, 11) is 0. The van der Waals surface area contributed by atoms with Gasteiger partial charge in [-0.15, -0.1) is 0 Å². The third-order valence-corrected chi connectivity index (χ3v) is 8.15. The average Bonchev–Trinajstić information content (AvgIpc) is 3.38. The first-order valence-corrected chi connectivity index (χ1v) is 14.2. The Balaban J connectivity index is 1.10. The highest BCUT2D eigenvalue weighted by Crippen LogP contribution is 2.46. The molecule has 200 valence electrons. The van der Waals surface area contributed by atoms with E-state index in [1.807, 2.05) is 60.8 Å². The quantitative estimate of drug-likeness (QED) is 0.224. The number of benzene rings is 3. The van der Waals surface area contributed by atoms with Crippen LogP contribution in [0.1, 0.15) is 17.0 Å². The molecule has 0 aliphatic carbocycles. The summed E-state index contributed by atoms with van der Waals surface area (Å²) < 4.78 is 0. The molecule has 2 atom stereocenters. The molecular weight excluding hydrogens is 514 g/mol. The van der Waals surface area contributed by atoms with Crippen molar-refractivity contribution in [2.75, 3.05) is 4.90 Å². The molecule has 3 aromatic carbocycles. The first kappa shape index (κ1) is 24.4. The Labute approximate surface area is 244 Å².